The number of nitrogens with zero attached hydrogens (tertiary/aromatic N) is 1. The highest BCUT2D eigenvalue weighted by molar-refractivity contribution is 7.85. The molecule has 1 saturated heterocycles. The largest absolute Gasteiger partial charge is 0.307 e. The summed E-state index contributed by atoms with van der Waals surface area (Å²) in [4.78, 5) is 13.9. The number of ketones is 1. The molecule has 1 N–H and O–H groups in total. The summed E-state index contributed by atoms with van der Waals surface area (Å²) in [7, 11) is -0.639. The van der Waals surface area contributed by atoms with Gasteiger partial charge in [0.15, 0.2) is 5.78 Å². The number of likely N-dealkylation sites (N-methyl/N-ethyl adjacent to an activating group) is 1. The number of carbonyl (C=O) groups is 1. The molecule has 1 unspecified atom stereocenters. The lowest BCUT2D eigenvalue weighted by molar-refractivity contribution is -0.121. The highest BCUT2D eigenvalue weighted by atomic mass is 32.2. The van der Waals surface area contributed by atoms with E-state index >= 15 is 0 Å². The second-order valence-electron chi connectivity index (χ2n) is 4.08. The molecule has 1 fully saturated rings. The standard InChI is InChI=1S/C11H22N2O2S/c1-3-11(14)10(12-4-2)9-13-5-7-16(15)8-6-13/h10,12H,3-9H2,1-2H3. The maximum absolute atomic E-state index is 11.7. The molecule has 0 aromatic rings. The van der Waals surface area contributed by atoms with Crippen LogP contribution in [-0.4, -0.2) is 58.6 Å². The van der Waals surface area contributed by atoms with Crippen LogP contribution in [0, 0.1) is 0 Å². The van der Waals surface area contributed by atoms with Crippen molar-refractivity contribution >= 4 is 16.6 Å². The van der Waals surface area contributed by atoms with Gasteiger partial charge in [-0.1, -0.05) is 13.8 Å². The third kappa shape index (κ3) is 4.31. The molecule has 0 aromatic heterocycles. The average Bonchev–Trinajstić information content (AvgIpc) is 2.30. The van der Waals surface area contributed by atoms with Crippen LogP contribution in [0.1, 0.15) is 20.3 Å². The third-order valence-electron chi connectivity index (χ3n) is 2.90. The van der Waals surface area contributed by atoms with Gasteiger partial charge in [0.1, 0.15) is 0 Å². The Morgan fingerprint density at radius 3 is 2.50 bits per heavy atom. The number of hydrogen-bond acceptors (Lipinski definition) is 4. The van der Waals surface area contributed by atoms with Crippen molar-refractivity contribution < 1.29 is 9.00 Å². The van der Waals surface area contributed by atoms with Crippen molar-refractivity contribution in [2.75, 3.05) is 37.7 Å². The molecule has 0 bridgehead atoms. The summed E-state index contributed by atoms with van der Waals surface area (Å²) in [5.74, 6) is 1.77. The van der Waals surface area contributed by atoms with Crippen molar-refractivity contribution in [3.63, 3.8) is 0 Å². The fourth-order valence-corrected chi connectivity index (χ4v) is 3.02. The molecule has 0 aliphatic carbocycles. The second kappa shape index (κ2) is 7.14. The average molecular weight is 246 g/mol. The van der Waals surface area contributed by atoms with Gasteiger partial charge >= 0.3 is 0 Å². The van der Waals surface area contributed by atoms with Gasteiger partial charge in [-0.2, -0.15) is 0 Å². The van der Waals surface area contributed by atoms with Crippen LogP contribution in [0.5, 0.6) is 0 Å². The minimum Gasteiger partial charge on any atom is -0.307 e. The maximum Gasteiger partial charge on any atom is 0.150 e. The molecule has 1 atom stereocenters. The van der Waals surface area contributed by atoms with E-state index in [0.717, 1.165) is 37.7 Å². The lowest BCUT2D eigenvalue weighted by Gasteiger charge is -2.29. The van der Waals surface area contributed by atoms with E-state index in [1.54, 1.807) is 0 Å². The molecule has 0 amide bonds. The topological polar surface area (TPSA) is 49.4 Å². The quantitative estimate of drug-likeness (QED) is 0.717. The normalized spacial score (nSPS) is 20.9. The lowest BCUT2D eigenvalue weighted by Crippen LogP contribution is -2.49. The van der Waals surface area contributed by atoms with Crippen LogP contribution in [0.3, 0.4) is 0 Å². The molecular formula is C11H22N2O2S. The fourth-order valence-electron chi connectivity index (χ4n) is 1.89. The van der Waals surface area contributed by atoms with Crippen molar-refractivity contribution in [3.8, 4) is 0 Å². The van der Waals surface area contributed by atoms with E-state index in [1.165, 1.54) is 0 Å². The van der Waals surface area contributed by atoms with E-state index in [-0.39, 0.29) is 11.8 Å². The zero-order valence-corrected chi connectivity index (χ0v) is 11.0. The molecular weight excluding hydrogens is 224 g/mol. The molecule has 1 aliphatic rings. The summed E-state index contributed by atoms with van der Waals surface area (Å²) < 4.78 is 11.2. The van der Waals surface area contributed by atoms with Crippen molar-refractivity contribution in [3.05, 3.63) is 0 Å². The third-order valence-corrected chi connectivity index (χ3v) is 4.17. The van der Waals surface area contributed by atoms with Gasteiger partial charge < -0.3 is 5.32 Å². The first-order valence-corrected chi connectivity index (χ1v) is 7.49. The van der Waals surface area contributed by atoms with Gasteiger partial charge in [0.2, 0.25) is 0 Å². The SMILES string of the molecule is CCNC(CN1CCS(=O)CC1)C(=O)CC. The zero-order valence-electron chi connectivity index (χ0n) is 10.2. The zero-order chi connectivity index (χ0) is 12.0. The minimum absolute atomic E-state index is 0.0541. The first kappa shape index (κ1) is 13.8. The lowest BCUT2D eigenvalue weighted by atomic mass is 10.1. The van der Waals surface area contributed by atoms with Crippen LogP contribution < -0.4 is 5.32 Å². The molecule has 0 radical (unpaired) electrons. The number of carbonyl (C=O) groups excluding carboxylic acids is 1. The van der Waals surface area contributed by atoms with Gasteiger partial charge in [-0.15, -0.1) is 0 Å². The van der Waals surface area contributed by atoms with Crippen molar-refractivity contribution in [1.29, 1.82) is 0 Å². The molecule has 0 saturated carbocycles. The van der Waals surface area contributed by atoms with Gasteiger partial charge in [0.05, 0.1) is 6.04 Å². The van der Waals surface area contributed by atoms with Crippen LogP contribution in [0.4, 0.5) is 0 Å². The molecule has 1 aliphatic heterocycles. The van der Waals surface area contributed by atoms with Crippen molar-refractivity contribution in [2.24, 2.45) is 0 Å². The predicted octanol–water partition coefficient (Wildman–Crippen LogP) is 0.00790. The molecule has 94 valence electrons. The Balaban J connectivity index is 2.41. The first-order chi connectivity index (χ1) is 7.67. The maximum atomic E-state index is 11.7. The highest BCUT2D eigenvalue weighted by Gasteiger charge is 2.22. The molecule has 4 nitrogen and oxygen atoms in total. The molecule has 16 heavy (non-hydrogen) atoms. The van der Waals surface area contributed by atoms with Crippen LogP contribution in [0.2, 0.25) is 0 Å². The molecule has 1 rings (SSSR count). The molecule has 0 aromatic carbocycles. The van der Waals surface area contributed by atoms with Gasteiger partial charge in [0, 0.05) is 48.4 Å². The van der Waals surface area contributed by atoms with Crippen LogP contribution in [-0.2, 0) is 15.6 Å². The van der Waals surface area contributed by atoms with Crippen molar-refractivity contribution in [1.82, 2.24) is 10.2 Å². The van der Waals surface area contributed by atoms with Gasteiger partial charge in [-0.05, 0) is 6.54 Å². The second-order valence-corrected chi connectivity index (χ2v) is 5.77. The first-order valence-electron chi connectivity index (χ1n) is 6.00. The van der Waals surface area contributed by atoms with Gasteiger partial charge in [-0.3, -0.25) is 13.9 Å². The van der Waals surface area contributed by atoms with Crippen LogP contribution >= 0.6 is 0 Å². The smallest absolute Gasteiger partial charge is 0.150 e. The summed E-state index contributed by atoms with van der Waals surface area (Å²) in [6.45, 7) is 7.20. The van der Waals surface area contributed by atoms with Crippen LogP contribution in [0.25, 0.3) is 0 Å². The summed E-state index contributed by atoms with van der Waals surface area (Å²) >= 11 is 0. The number of rotatable bonds is 6. The van der Waals surface area contributed by atoms with Gasteiger partial charge in [0.25, 0.3) is 0 Å². The van der Waals surface area contributed by atoms with E-state index in [1.807, 2.05) is 13.8 Å². The van der Waals surface area contributed by atoms with E-state index in [0.29, 0.717) is 6.42 Å². The Hall–Kier alpha value is -0.260. The molecule has 1 heterocycles. The number of hydrogen-bond donors (Lipinski definition) is 1. The van der Waals surface area contributed by atoms with Crippen LogP contribution in [0.15, 0.2) is 0 Å². The summed E-state index contributed by atoms with van der Waals surface area (Å²) in [6, 6.07) is -0.0541. The fraction of sp³-hybridized carbons (Fsp3) is 0.909. The number of nitrogens with one attached hydrogen (secondary N) is 1. The summed E-state index contributed by atoms with van der Waals surface area (Å²) in [6.07, 6.45) is 0.581. The Labute approximate surface area is 100 Å². The summed E-state index contributed by atoms with van der Waals surface area (Å²) in [5, 5.41) is 3.22. The monoisotopic (exact) mass is 246 g/mol. The Morgan fingerprint density at radius 1 is 1.38 bits per heavy atom. The van der Waals surface area contributed by atoms with Gasteiger partial charge in [-0.25, -0.2) is 0 Å². The van der Waals surface area contributed by atoms with E-state index in [2.05, 4.69) is 10.2 Å². The van der Waals surface area contributed by atoms with E-state index in [9.17, 15) is 9.00 Å². The van der Waals surface area contributed by atoms with E-state index in [4.69, 9.17) is 0 Å². The highest BCUT2D eigenvalue weighted by Crippen LogP contribution is 2.03. The predicted molar refractivity (Wildman–Crippen MR) is 67.1 cm³/mol. The summed E-state index contributed by atoms with van der Waals surface area (Å²) in [5.41, 5.74) is 0. The Bertz CT molecular complexity index is 248. The Morgan fingerprint density at radius 2 is 2.00 bits per heavy atom. The minimum atomic E-state index is -0.639. The van der Waals surface area contributed by atoms with Crippen molar-refractivity contribution in [2.45, 2.75) is 26.3 Å². The van der Waals surface area contributed by atoms with E-state index < -0.39 is 10.8 Å². The number of Topliss-reactive ketones (excluding diaryl/α,β-unsaturated/α-hetero) is 1. The molecule has 0 spiro atoms. The Kier molecular flexibility index (Phi) is 6.16. The molecule has 5 heteroatoms.